The van der Waals surface area contributed by atoms with Crippen LogP contribution in [0.1, 0.15) is 43.0 Å². The molecule has 2 rings (SSSR count). The number of carbonyl (C=O) groups is 1. The standard InChI is InChI=1S/C15H20ClNO2/c1-10-3-2-4-11(7-10)9-17-14-8-12(16)5-6-13(14)15(18)19/h5-6,8,10-11,17H,2-4,7,9H2,1H3,(H,18,19). The second-order valence-electron chi connectivity index (χ2n) is 5.51. The molecule has 0 bridgehead atoms. The first-order valence-corrected chi connectivity index (χ1v) is 7.20. The fraction of sp³-hybridized carbons (Fsp3) is 0.533. The second kappa shape index (κ2) is 6.29. The van der Waals surface area contributed by atoms with Crippen LogP contribution in [0, 0.1) is 11.8 Å². The monoisotopic (exact) mass is 281 g/mol. The molecule has 0 aliphatic heterocycles. The Morgan fingerprint density at radius 1 is 1.47 bits per heavy atom. The van der Waals surface area contributed by atoms with Crippen molar-refractivity contribution in [3.8, 4) is 0 Å². The number of aromatic carboxylic acids is 1. The predicted octanol–water partition coefficient (Wildman–Crippen LogP) is 4.28. The molecule has 1 aromatic rings. The molecule has 0 amide bonds. The summed E-state index contributed by atoms with van der Waals surface area (Å²) in [5.74, 6) is 0.486. The summed E-state index contributed by atoms with van der Waals surface area (Å²) in [6.07, 6.45) is 5.03. The molecule has 2 N–H and O–H groups in total. The Hall–Kier alpha value is -1.22. The van der Waals surface area contributed by atoms with Gasteiger partial charge in [-0.25, -0.2) is 4.79 Å². The highest BCUT2D eigenvalue weighted by Crippen LogP contribution is 2.29. The van der Waals surface area contributed by atoms with Gasteiger partial charge >= 0.3 is 5.97 Å². The minimum Gasteiger partial charge on any atom is -0.478 e. The first-order valence-electron chi connectivity index (χ1n) is 6.83. The third-order valence-electron chi connectivity index (χ3n) is 3.84. The van der Waals surface area contributed by atoms with Gasteiger partial charge in [0.1, 0.15) is 0 Å². The molecule has 1 fully saturated rings. The molecule has 0 aromatic heterocycles. The summed E-state index contributed by atoms with van der Waals surface area (Å²) in [6, 6.07) is 4.85. The molecule has 3 nitrogen and oxygen atoms in total. The number of halogens is 1. The molecule has 0 spiro atoms. The summed E-state index contributed by atoms with van der Waals surface area (Å²) in [6.45, 7) is 3.11. The second-order valence-corrected chi connectivity index (χ2v) is 5.95. The summed E-state index contributed by atoms with van der Waals surface area (Å²) in [4.78, 5) is 11.2. The van der Waals surface area contributed by atoms with Crippen LogP contribution in [0.2, 0.25) is 5.02 Å². The normalized spacial score (nSPS) is 23.1. The van der Waals surface area contributed by atoms with E-state index in [1.54, 1.807) is 18.2 Å². The Morgan fingerprint density at radius 2 is 2.26 bits per heavy atom. The van der Waals surface area contributed by atoms with Crippen LogP contribution in [-0.2, 0) is 0 Å². The molecule has 1 aromatic carbocycles. The van der Waals surface area contributed by atoms with Gasteiger partial charge in [-0.1, -0.05) is 31.4 Å². The molecule has 0 heterocycles. The van der Waals surface area contributed by atoms with Crippen LogP contribution < -0.4 is 5.32 Å². The SMILES string of the molecule is CC1CCCC(CNc2cc(Cl)ccc2C(=O)O)C1. The molecule has 1 saturated carbocycles. The smallest absolute Gasteiger partial charge is 0.337 e. The van der Waals surface area contributed by atoms with Gasteiger partial charge in [-0.15, -0.1) is 0 Å². The van der Waals surface area contributed by atoms with E-state index in [9.17, 15) is 4.79 Å². The lowest BCUT2D eigenvalue weighted by atomic mass is 9.82. The minimum atomic E-state index is -0.920. The lowest BCUT2D eigenvalue weighted by Gasteiger charge is -2.27. The first kappa shape index (κ1) is 14.2. The molecule has 1 aliphatic rings. The van der Waals surface area contributed by atoms with Gasteiger partial charge in [-0.2, -0.15) is 0 Å². The maximum atomic E-state index is 11.2. The van der Waals surface area contributed by atoms with Gasteiger partial charge in [0.05, 0.1) is 11.3 Å². The van der Waals surface area contributed by atoms with Crippen LogP contribution in [0.4, 0.5) is 5.69 Å². The molecular weight excluding hydrogens is 262 g/mol. The quantitative estimate of drug-likeness (QED) is 0.866. The third kappa shape index (κ3) is 3.87. The van der Waals surface area contributed by atoms with E-state index in [0.29, 0.717) is 16.6 Å². The van der Waals surface area contributed by atoms with Gasteiger partial charge in [-0.05, 0) is 42.9 Å². The average Bonchev–Trinajstić information content (AvgIpc) is 2.36. The van der Waals surface area contributed by atoms with Crippen LogP contribution in [0.15, 0.2) is 18.2 Å². The maximum absolute atomic E-state index is 11.2. The Balaban J connectivity index is 2.02. The van der Waals surface area contributed by atoms with E-state index in [1.807, 2.05) is 0 Å². The lowest BCUT2D eigenvalue weighted by Crippen LogP contribution is -2.21. The van der Waals surface area contributed by atoms with E-state index >= 15 is 0 Å². The lowest BCUT2D eigenvalue weighted by molar-refractivity contribution is 0.0698. The van der Waals surface area contributed by atoms with Gasteiger partial charge in [0.25, 0.3) is 0 Å². The van der Waals surface area contributed by atoms with Crippen molar-refractivity contribution in [3.63, 3.8) is 0 Å². The molecule has 0 radical (unpaired) electrons. The van der Waals surface area contributed by atoms with Crippen molar-refractivity contribution < 1.29 is 9.90 Å². The highest BCUT2D eigenvalue weighted by molar-refractivity contribution is 6.31. The summed E-state index contributed by atoms with van der Waals surface area (Å²) in [5.41, 5.74) is 0.909. The van der Waals surface area contributed by atoms with Crippen molar-refractivity contribution in [3.05, 3.63) is 28.8 Å². The number of benzene rings is 1. The number of hydrogen-bond donors (Lipinski definition) is 2. The van der Waals surface area contributed by atoms with Crippen LogP contribution >= 0.6 is 11.6 Å². The number of hydrogen-bond acceptors (Lipinski definition) is 2. The average molecular weight is 282 g/mol. The van der Waals surface area contributed by atoms with Crippen LogP contribution in [-0.4, -0.2) is 17.6 Å². The summed E-state index contributed by atoms with van der Waals surface area (Å²) < 4.78 is 0. The van der Waals surface area contributed by atoms with Crippen molar-refractivity contribution in [2.45, 2.75) is 32.6 Å². The Bertz CT molecular complexity index is 461. The largest absolute Gasteiger partial charge is 0.478 e. The minimum absolute atomic E-state index is 0.285. The van der Waals surface area contributed by atoms with E-state index in [1.165, 1.54) is 25.7 Å². The Kier molecular flexibility index (Phi) is 4.70. The van der Waals surface area contributed by atoms with Gasteiger partial charge in [0.15, 0.2) is 0 Å². The van der Waals surface area contributed by atoms with Crippen LogP contribution in [0.25, 0.3) is 0 Å². The number of carboxylic acid groups (broad SMARTS) is 1. The zero-order valence-corrected chi connectivity index (χ0v) is 11.9. The van der Waals surface area contributed by atoms with Crippen molar-refractivity contribution >= 4 is 23.3 Å². The zero-order valence-electron chi connectivity index (χ0n) is 11.2. The fourth-order valence-corrected chi connectivity index (χ4v) is 3.02. The molecule has 0 saturated heterocycles. The van der Waals surface area contributed by atoms with E-state index in [4.69, 9.17) is 16.7 Å². The van der Waals surface area contributed by atoms with E-state index < -0.39 is 5.97 Å². The predicted molar refractivity (Wildman–Crippen MR) is 78.0 cm³/mol. The molecule has 4 heteroatoms. The summed E-state index contributed by atoms with van der Waals surface area (Å²) in [7, 11) is 0. The topological polar surface area (TPSA) is 49.3 Å². The van der Waals surface area contributed by atoms with Gasteiger partial charge in [-0.3, -0.25) is 0 Å². The number of rotatable bonds is 4. The fourth-order valence-electron chi connectivity index (χ4n) is 2.85. The molecule has 19 heavy (non-hydrogen) atoms. The zero-order chi connectivity index (χ0) is 13.8. The maximum Gasteiger partial charge on any atom is 0.337 e. The number of carboxylic acids is 1. The van der Waals surface area contributed by atoms with Crippen LogP contribution in [0.5, 0.6) is 0 Å². The van der Waals surface area contributed by atoms with Crippen molar-refractivity contribution in [2.75, 3.05) is 11.9 Å². The highest BCUT2D eigenvalue weighted by atomic mass is 35.5. The van der Waals surface area contributed by atoms with Gasteiger partial charge in [0.2, 0.25) is 0 Å². The molecule has 2 unspecified atom stereocenters. The highest BCUT2D eigenvalue weighted by Gasteiger charge is 2.19. The molecular formula is C15H20ClNO2. The van der Waals surface area contributed by atoms with Gasteiger partial charge in [0, 0.05) is 11.6 Å². The van der Waals surface area contributed by atoms with E-state index in [0.717, 1.165) is 12.5 Å². The number of anilines is 1. The third-order valence-corrected chi connectivity index (χ3v) is 4.07. The van der Waals surface area contributed by atoms with Crippen molar-refractivity contribution in [2.24, 2.45) is 11.8 Å². The van der Waals surface area contributed by atoms with Crippen molar-refractivity contribution in [1.82, 2.24) is 0 Å². The summed E-state index contributed by atoms with van der Waals surface area (Å²) in [5, 5.41) is 13.0. The molecule has 2 atom stereocenters. The number of nitrogens with one attached hydrogen (secondary N) is 1. The van der Waals surface area contributed by atoms with E-state index in [-0.39, 0.29) is 5.56 Å². The summed E-state index contributed by atoms with van der Waals surface area (Å²) >= 11 is 5.93. The van der Waals surface area contributed by atoms with Crippen LogP contribution in [0.3, 0.4) is 0 Å². The molecule has 104 valence electrons. The van der Waals surface area contributed by atoms with Crippen molar-refractivity contribution in [1.29, 1.82) is 0 Å². The van der Waals surface area contributed by atoms with Gasteiger partial charge < -0.3 is 10.4 Å². The molecule has 1 aliphatic carbocycles. The van der Waals surface area contributed by atoms with E-state index in [2.05, 4.69) is 12.2 Å². The first-order chi connectivity index (χ1) is 9.06. The Labute approximate surface area is 119 Å². The Morgan fingerprint density at radius 3 is 2.95 bits per heavy atom.